The summed E-state index contributed by atoms with van der Waals surface area (Å²) >= 11 is 12.6. The molecule has 7 heteroatoms. The predicted molar refractivity (Wildman–Crippen MR) is 121 cm³/mol. The van der Waals surface area contributed by atoms with Crippen molar-refractivity contribution in [3.63, 3.8) is 0 Å². The van der Waals surface area contributed by atoms with Crippen molar-refractivity contribution in [2.24, 2.45) is 0 Å². The van der Waals surface area contributed by atoms with Crippen LogP contribution in [0.1, 0.15) is 37.0 Å². The number of ether oxygens (including phenoxy) is 1. The van der Waals surface area contributed by atoms with Gasteiger partial charge in [-0.1, -0.05) is 48.3 Å². The number of carbonyl (C=O) groups excluding carboxylic acids is 2. The third-order valence-electron chi connectivity index (χ3n) is 5.03. The standard InChI is InChI=1S/C23H28Cl2N2O3/c1-5-20(23(29)26-6-2)27(13-17-18(24)10-8-11-19(17)25)22(28)14-30-21-12-7-9-15(3)16(21)4/h7-12,20H,5-6,13-14H2,1-4H3,(H,26,29)/t20-/m1/s1. The molecule has 0 saturated heterocycles. The molecule has 0 saturated carbocycles. The zero-order valence-electron chi connectivity index (χ0n) is 17.8. The van der Waals surface area contributed by atoms with Crippen molar-refractivity contribution in [1.29, 1.82) is 0 Å². The largest absolute Gasteiger partial charge is 0.483 e. The average Bonchev–Trinajstić information content (AvgIpc) is 2.71. The van der Waals surface area contributed by atoms with Crippen molar-refractivity contribution in [2.45, 2.75) is 46.7 Å². The summed E-state index contributed by atoms with van der Waals surface area (Å²) in [5.41, 5.74) is 2.65. The number of hydrogen-bond acceptors (Lipinski definition) is 3. The summed E-state index contributed by atoms with van der Waals surface area (Å²) in [4.78, 5) is 27.3. The summed E-state index contributed by atoms with van der Waals surface area (Å²) < 4.78 is 5.80. The zero-order chi connectivity index (χ0) is 22.3. The highest BCUT2D eigenvalue weighted by Gasteiger charge is 2.29. The van der Waals surface area contributed by atoms with Crippen molar-refractivity contribution < 1.29 is 14.3 Å². The first-order valence-electron chi connectivity index (χ1n) is 9.99. The molecule has 0 aromatic heterocycles. The fourth-order valence-electron chi connectivity index (χ4n) is 3.17. The number of carbonyl (C=O) groups is 2. The maximum Gasteiger partial charge on any atom is 0.261 e. The van der Waals surface area contributed by atoms with Crippen LogP contribution < -0.4 is 10.1 Å². The van der Waals surface area contributed by atoms with Crippen LogP contribution in [0.2, 0.25) is 10.0 Å². The van der Waals surface area contributed by atoms with E-state index >= 15 is 0 Å². The lowest BCUT2D eigenvalue weighted by Crippen LogP contribution is -2.50. The lowest BCUT2D eigenvalue weighted by molar-refractivity contribution is -0.142. The second-order valence-electron chi connectivity index (χ2n) is 7.03. The van der Waals surface area contributed by atoms with Crippen LogP contribution in [0.25, 0.3) is 0 Å². The molecule has 2 aromatic rings. The summed E-state index contributed by atoms with van der Waals surface area (Å²) in [5.74, 6) is 0.110. The number of halogens is 2. The molecule has 2 aromatic carbocycles. The maximum atomic E-state index is 13.2. The van der Waals surface area contributed by atoms with Gasteiger partial charge in [-0.25, -0.2) is 0 Å². The number of nitrogens with zero attached hydrogens (tertiary/aromatic N) is 1. The summed E-state index contributed by atoms with van der Waals surface area (Å²) in [6.45, 7) is 8.03. The van der Waals surface area contributed by atoms with Crippen molar-refractivity contribution in [2.75, 3.05) is 13.2 Å². The Morgan fingerprint density at radius 1 is 1.07 bits per heavy atom. The smallest absolute Gasteiger partial charge is 0.261 e. The minimum Gasteiger partial charge on any atom is -0.483 e. The molecule has 5 nitrogen and oxygen atoms in total. The van der Waals surface area contributed by atoms with Crippen LogP contribution >= 0.6 is 23.2 Å². The lowest BCUT2D eigenvalue weighted by atomic mass is 10.1. The summed E-state index contributed by atoms with van der Waals surface area (Å²) in [6.07, 6.45) is 0.448. The molecule has 1 atom stereocenters. The second kappa shape index (κ2) is 11.2. The van der Waals surface area contributed by atoms with Crippen molar-refractivity contribution in [3.05, 3.63) is 63.1 Å². The molecule has 0 radical (unpaired) electrons. The van der Waals surface area contributed by atoms with E-state index in [1.807, 2.05) is 45.9 Å². The first-order valence-corrected chi connectivity index (χ1v) is 10.7. The maximum absolute atomic E-state index is 13.2. The SMILES string of the molecule is CCNC(=O)[C@@H](CC)N(Cc1c(Cl)cccc1Cl)C(=O)COc1cccc(C)c1C. The van der Waals surface area contributed by atoms with Gasteiger partial charge in [-0.05, 0) is 56.5 Å². The fraction of sp³-hybridized carbons (Fsp3) is 0.391. The van der Waals surface area contributed by atoms with Crippen LogP contribution in [-0.2, 0) is 16.1 Å². The Labute approximate surface area is 188 Å². The molecular weight excluding hydrogens is 423 g/mol. The van der Waals surface area contributed by atoms with Gasteiger partial charge in [0, 0.05) is 28.7 Å². The third-order valence-corrected chi connectivity index (χ3v) is 5.74. The molecule has 0 bridgehead atoms. The summed E-state index contributed by atoms with van der Waals surface area (Å²) in [5, 5.41) is 3.69. The van der Waals surface area contributed by atoms with Gasteiger partial charge in [0.15, 0.2) is 6.61 Å². The molecule has 0 fully saturated rings. The normalized spacial score (nSPS) is 11.7. The van der Waals surface area contributed by atoms with E-state index < -0.39 is 6.04 Å². The number of likely N-dealkylation sites (N-methyl/N-ethyl adjacent to an activating group) is 1. The van der Waals surface area contributed by atoms with E-state index in [4.69, 9.17) is 27.9 Å². The van der Waals surface area contributed by atoms with Gasteiger partial charge in [-0.15, -0.1) is 0 Å². The van der Waals surface area contributed by atoms with E-state index in [-0.39, 0.29) is 25.0 Å². The zero-order valence-corrected chi connectivity index (χ0v) is 19.3. The number of aryl methyl sites for hydroxylation is 1. The summed E-state index contributed by atoms with van der Waals surface area (Å²) in [6, 6.07) is 10.2. The van der Waals surface area contributed by atoms with Crippen LogP contribution in [-0.4, -0.2) is 35.9 Å². The van der Waals surface area contributed by atoms with Crippen molar-refractivity contribution >= 4 is 35.0 Å². The van der Waals surface area contributed by atoms with E-state index in [0.29, 0.717) is 34.3 Å². The molecule has 0 spiro atoms. The Kier molecular flexibility index (Phi) is 9.00. The molecule has 30 heavy (non-hydrogen) atoms. The van der Waals surface area contributed by atoms with Crippen molar-refractivity contribution in [1.82, 2.24) is 10.2 Å². The van der Waals surface area contributed by atoms with E-state index in [1.54, 1.807) is 18.2 Å². The van der Waals surface area contributed by atoms with E-state index in [2.05, 4.69) is 5.32 Å². The molecule has 1 N–H and O–H groups in total. The number of amides is 2. The minimum atomic E-state index is -0.660. The van der Waals surface area contributed by atoms with Gasteiger partial charge in [-0.3, -0.25) is 9.59 Å². The lowest BCUT2D eigenvalue weighted by Gasteiger charge is -2.31. The van der Waals surface area contributed by atoms with E-state index in [9.17, 15) is 9.59 Å². The Morgan fingerprint density at radius 2 is 1.70 bits per heavy atom. The van der Waals surface area contributed by atoms with Crippen LogP contribution in [0.15, 0.2) is 36.4 Å². The van der Waals surface area contributed by atoms with E-state index in [0.717, 1.165) is 11.1 Å². The van der Waals surface area contributed by atoms with Gasteiger partial charge in [0.25, 0.3) is 5.91 Å². The van der Waals surface area contributed by atoms with Crippen LogP contribution in [0.3, 0.4) is 0 Å². The molecule has 0 aliphatic heterocycles. The highest BCUT2D eigenvalue weighted by Crippen LogP contribution is 2.27. The average molecular weight is 451 g/mol. The fourth-order valence-corrected chi connectivity index (χ4v) is 3.69. The minimum absolute atomic E-state index is 0.114. The Balaban J connectivity index is 2.30. The molecule has 2 amide bonds. The van der Waals surface area contributed by atoms with Gasteiger partial charge in [0.2, 0.25) is 5.91 Å². The van der Waals surface area contributed by atoms with Crippen LogP contribution in [0.4, 0.5) is 0 Å². The molecule has 2 rings (SSSR count). The number of rotatable bonds is 9. The molecule has 0 heterocycles. The van der Waals surface area contributed by atoms with E-state index in [1.165, 1.54) is 4.90 Å². The molecule has 0 unspecified atom stereocenters. The second-order valence-corrected chi connectivity index (χ2v) is 7.84. The molecule has 0 aliphatic rings. The molecular formula is C23H28Cl2N2O3. The number of benzene rings is 2. The van der Waals surface area contributed by atoms with Gasteiger partial charge in [0.05, 0.1) is 0 Å². The van der Waals surface area contributed by atoms with Gasteiger partial charge < -0.3 is 15.0 Å². The Hall–Kier alpha value is -2.24. The topological polar surface area (TPSA) is 58.6 Å². The highest BCUT2D eigenvalue weighted by molar-refractivity contribution is 6.36. The molecule has 0 aliphatic carbocycles. The monoisotopic (exact) mass is 450 g/mol. The quantitative estimate of drug-likeness (QED) is 0.588. The third kappa shape index (κ3) is 5.89. The Bertz CT molecular complexity index is 882. The van der Waals surface area contributed by atoms with Gasteiger partial charge >= 0.3 is 0 Å². The van der Waals surface area contributed by atoms with Crippen LogP contribution in [0, 0.1) is 13.8 Å². The molecule has 162 valence electrons. The van der Waals surface area contributed by atoms with Crippen molar-refractivity contribution in [3.8, 4) is 5.75 Å². The highest BCUT2D eigenvalue weighted by atomic mass is 35.5. The first-order chi connectivity index (χ1) is 14.3. The first kappa shape index (κ1) is 24.0. The Morgan fingerprint density at radius 3 is 2.30 bits per heavy atom. The number of nitrogens with one attached hydrogen (secondary N) is 1. The number of hydrogen-bond donors (Lipinski definition) is 1. The summed E-state index contributed by atoms with van der Waals surface area (Å²) in [7, 11) is 0. The predicted octanol–water partition coefficient (Wildman–Crippen LogP) is 4.93. The van der Waals surface area contributed by atoms with Crippen LogP contribution in [0.5, 0.6) is 5.75 Å². The van der Waals surface area contributed by atoms with Gasteiger partial charge in [0.1, 0.15) is 11.8 Å². The van der Waals surface area contributed by atoms with Gasteiger partial charge in [-0.2, -0.15) is 0 Å².